The van der Waals surface area contributed by atoms with Crippen molar-refractivity contribution in [2.75, 3.05) is 11.9 Å². The molecular formula is C21H32N2O3. The Bertz CT molecular complexity index is 614. The number of carbonyl (C=O) groups is 1. The number of nitriles is 1. The second kappa shape index (κ2) is 10.8. The number of rotatable bonds is 11. The molecule has 0 aliphatic carbocycles. The van der Waals surface area contributed by atoms with E-state index in [-0.39, 0.29) is 12.0 Å². The van der Waals surface area contributed by atoms with Gasteiger partial charge in [-0.05, 0) is 45.2 Å². The molecule has 1 aromatic rings. The van der Waals surface area contributed by atoms with Gasteiger partial charge in [-0.2, -0.15) is 5.26 Å². The number of nitrogens with one attached hydrogen (secondary N) is 1. The number of hydrogen-bond donors (Lipinski definition) is 1. The van der Waals surface area contributed by atoms with Gasteiger partial charge in [0.1, 0.15) is 17.4 Å². The molecule has 0 aromatic heterocycles. The molecule has 0 fully saturated rings. The van der Waals surface area contributed by atoms with Gasteiger partial charge in [-0.15, -0.1) is 0 Å². The summed E-state index contributed by atoms with van der Waals surface area (Å²) in [5, 5.41) is 12.3. The molecule has 0 aliphatic rings. The van der Waals surface area contributed by atoms with Gasteiger partial charge in [-0.1, -0.05) is 33.6 Å². The molecule has 2 atom stereocenters. The van der Waals surface area contributed by atoms with Gasteiger partial charge in [0.25, 0.3) is 5.91 Å². The fraction of sp³-hybridized carbons (Fsp3) is 0.619. The average molecular weight is 360 g/mol. The summed E-state index contributed by atoms with van der Waals surface area (Å²) in [5.41, 5.74) is -0.0331. The zero-order valence-electron chi connectivity index (χ0n) is 16.7. The molecular weight excluding hydrogens is 328 g/mol. The van der Waals surface area contributed by atoms with E-state index >= 15 is 0 Å². The summed E-state index contributed by atoms with van der Waals surface area (Å²) in [6, 6.07) is 7.29. The second-order valence-corrected chi connectivity index (χ2v) is 6.79. The van der Waals surface area contributed by atoms with Crippen LogP contribution >= 0.6 is 0 Å². The van der Waals surface area contributed by atoms with Crippen molar-refractivity contribution in [1.29, 1.82) is 5.26 Å². The van der Waals surface area contributed by atoms with Crippen LogP contribution in [0.15, 0.2) is 18.2 Å². The van der Waals surface area contributed by atoms with Crippen LogP contribution in [0.5, 0.6) is 5.75 Å². The lowest BCUT2D eigenvalue weighted by Crippen LogP contribution is -2.43. The molecule has 0 heterocycles. The van der Waals surface area contributed by atoms with Gasteiger partial charge in [0.15, 0.2) is 0 Å². The molecule has 1 N–H and O–H groups in total. The highest BCUT2D eigenvalue weighted by atomic mass is 16.5. The summed E-state index contributed by atoms with van der Waals surface area (Å²) < 4.78 is 11.6. The zero-order valence-corrected chi connectivity index (χ0v) is 16.7. The summed E-state index contributed by atoms with van der Waals surface area (Å²) in [5.74, 6) is 0.413. The quantitative estimate of drug-likeness (QED) is 0.599. The molecule has 144 valence electrons. The van der Waals surface area contributed by atoms with Crippen molar-refractivity contribution < 1.29 is 14.3 Å². The molecule has 1 amide bonds. The van der Waals surface area contributed by atoms with Gasteiger partial charge >= 0.3 is 0 Å². The summed E-state index contributed by atoms with van der Waals surface area (Å²) in [6.07, 6.45) is 4.34. The van der Waals surface area contributed by atoms with Crippen LogP contribution in [0.1, 0.15) is 72.3 Å². The summed E-state index contributed by atoms with van der Waals surface area (Å²) >= 11 is 0. The van der Waals surface area contributed by atoms with Gasteiger partial charge < -0.3 is 14.8 Å². The molecule has 0 saturated carbocycles. The molecule has 1 aromatic carbocycles. The Morgan fingerprint density at radius 3 is 2.62 bits per heavy atom. The van der Waals surface area contributed by atoms with Crippen LogP contribution in [0.4, 0.5) is 5.69 Å². The highest BCUT2D eigenvalue weighted by molar-refractivity contribution is 5.98. The number of ether oxygens (including phenoxy) is 2. The van der Waals surface area contributed by atoms with E-state index in [1.165, 1.54) is 0 Å². The van der Waals surface area contributed by atoms with Gasteiger partial charge in [-0.3, -0.25) is 4.79 Å². The van der Waals surface area contributed by atoms with Crippen LogP contribution in [0, 0.1) is 11.3 Å². The fourth-order valence-electron chi connectivity index (χ4n) is 2.46. The minimum Gasteiger partial charge on any atom is -0.491 e. The van der Waals surface area contributed by atoms with E-state index in [1.54, 1.807) is 18.2 Å². The highest BCUT2D eigenvalue weighted by Crippen LogP contribution is 2.26. The zero-order chi connectivity index (χ0) is 19.6. The number of hydrogen-bond acceptors (Lipinski definition) is 4. The Hall–Kier alpha value is -2.06. The standard InChI is InChI=1S/C21H32N2O3/c1-6-9-12-21(5,25-13-7-2)20(24)23-19-11-10-18(14-17(19)15-22)26-16(4)8-3/h10-11,14,16H,6-9,12-13H2,1-5H3,(H,23,24)/t16-,21-/m0/s1. The van der Waals surface area contributed by atoms with E-state index in [9.17, 15) is 10.1 Å². The maximum Gasteiger partial charge on any atom is 0.256 e. The SMILES string of the molecule is CCCC[C@](C)(OCCC)C(=O)Nc1ccc(O[C@@H](C)CC)cc1C#N. The van der Waals surface area contributed by atoms with E-state index in [0.717, 1.165) is 25.7 Å². The van der Waals surface area contributed by atoms with Gasteiger partial charge in [0.2, 0.25) is 0 Å². The van der Waals surface area contributed by atoms with Gasteiger partial charge in [0.05, 0.1) is 17.4 Å². The summed E-state index contributed by atoms with van der Waals surface area (Å²) in [4.78, 5) is 12.8. The van der Waals surface area contributed by atoms with Crippen molar-refractivity contribution in [1.82, 2.24) is 0 Å². The lowest BCUT2D eigenvalue weighted by Gasteiger charge is -2.29. The molecule has 0 spiro atoms. The van der Waals surface area contributed by atoms with Crippen LogP contribution in [0.3, 0.4) is 0 Å². The second-order valence-electron chi connectivity index (χ2n) is 6.79. The maximum absolute atomic E-state index is 12.8. The third kappa shape index (κ3) is 6.34. The first kappa shape index (κ1) is 22.0. The topological polar surface area (TPSA) is 71.3 Å². The fourth-order valence-corrected chi connectivity index (χ4v) is 2.46. The number of anilines is 1. The van der Waals surface area contributed by atoms with E-state index < -0.39 is 5.60 Å². The van der Waals surface area contributed by atoms with Crippen LogP contribution in [0.2, 0.25) is 0 Å². The van der Waals surface area contributed by atoms with E-state index in [2.05, 4.69) is 18.3 Å². The van der Waals surface area contributed by atoms with Crippen molar-refractivity contribution in [2.24, 2.45) is 0 Å². The number of nitrogens with zero attached hydrogens (tertiary/aromatic N) is 1. The number of benzene rings is 1. The molecule has 26 heavy (non-hydrogen) atoms. The number of unbranched alkanes of at least 4 members (excludes halogenated alkanes) is 1. The number of carbonyl (C=O) groups excluding carboxylic acids is 1. The third-order valence-electron chi connectivity index (χ3n) is 4.38. The average Bonchev–Trinajstić information content (AvgIpc) is 2.65. The van der Waals surface area contributed by atoms with Crippen LogP contribution in [-0.4, -0.2) is 24.2 Å². The van der Waals surface area contributed by atoms with E-state index in [0.29, 0.717) is 30.0 Å². The van der Waals surface area contributed by atoms with E-state index in [4.69, 9.17) is 9.47 Å². The molecule has 0 radical (unpaired) electrons. The van der Waals surface area contributed by atoms with Crippen molar-refractivity contribution in [2.45, 2.75) is 78.4 Å². The third-order valence-corrected chi connectivity index (χ3v) is 4.38. The maximum atomic E-state index is 12.8. The smallest absolute Gasteiger partial charge is 0.256 e. The Labute approximate surface area is 157 Å². The van der Waals surface area contributed by atoms with Gasteiger partial charge in [0, 0.05) is 12.7 Å². The number of amides is 1. The Morgan fingerprint density at radius 2 is 2.04 bits per heavy atom. The highest BCUT2D eigenvalue weighted by Gasteiger charge is 2.33. The monoisotopic (exact) mass is 360 g/mol. The lowest BCUT2D eigenvalue weighted by molar-refractivity contribution is -0.140. The lowest BCUT2D eigenvalue weighted by atomic mass is 9.97. The Kier molecular flexibility index (Phi) is 9.15. The summed E-state index contributed by atoms with van der Waals surface area (Å²) in [6.45, 7) is 10.5. The first-order valence-electron chi connectivity index (χ1n) is 9.56. The predicted molar refractivity (Wildman–Crippen MR) is 104 cm³/mol. The van der Waals surface area contributed by atoms with Crippen LogP contribution in [-0.2, 0) is 9.53 Å². The molecule has 5 heteroatoms. The van der Waals surface area contributed by atoms with Crippen molar-refractivity contribution in [3.05, 3.63) is 23.8 Å². The normalized spacial score (nSPS) is 14.2. The van der Waals surface area contributed by atoms with E-state index in [1.807, 2.05) is 27.7 Å². The van der Waals surface area contributed by atoms with Crippen molar-refractivity contribution in [3.8, 4) is 11.8 Å². The molecule has 0 aliphatic heterocycles. The van der Waals surface area contributed by atoms with Crippen molar-refractivity contribution in [3.63, 3.8) is 0 Å². The first-order valence-corrected chi connectivity index (χ1v) is 9.56. The van der Waals surface area contributed by atoms with Crippen LogP contribution < -0.4 is 10.1 Å². The molecule has 0 bridgehead atoms. The predicted octanol–water partition coefficient (Wildman–Crippen LogP) is 5.05. The minimum absolute atomic E-state index is 0.0711. The summed E-state index contributed by atoms with van der Waals surface area (Å²) in [7, 11) is 0. The molecule has 0 saturated heterocycles. The minimum atomic E-state index is -0.898. The Balaban J connectivity index is 2.96. The molecule has 5 nitrogen and oxygen atoms in total. The first-order chi connectivity index (χ1) is 12.4. The van der Waals surface area contributed by atoms with Gasteiger partial charge in [-0.25, -0.2) is 0 Å². The molecule has 1 rings (SSSR count). The molecule has 0 unspecified atom stereocenters. The largest absolute Gasteiger partial charge is 0.491 e. The Morgan fingerprint density at radius 1 is 1.31 bits per heavy atom. The van der Waals surface area contributed by atoms with Crippen molar-refractivity contribution >= 4 is 11.6 Å². The van der Waals surface area contributed by atoms with Crippen LogP contribution in [0.25, 0.3) is 0 Å².